The first-order valence-corrected chi connectivity index (χ1v) is 7.20. The van der Waals surface area contributed by atoms with Gasteiger partial charge in [0.05, 0.1) is 8.80 Å². The average molecular weight is 191 g/mol. The summed E-state index contributed by atoms with van der Waals surface area (Å²) in [4.78, 5) is 0. The van der Waals surface area contributed by atoms with Crippen LogP contribution in [-0.2, 0) is 0 Å². The van der Waals surface area contributed by atoms with Gasteiger partial charge in [-0.15, -0.1) is 0 Å². The van der Waals surface area contributed by atoms with E-state index in [1.165, 1.54) is 24.9 Å². The van der Waals surface area contributed by atoms with Gasteiger partial charge in [-0.2, -0.15) is 0 Å². The van der Waals surface area contributed by atoms with Crippen molar-refractivity contribution in [3.63, 3.8) is 0 Å². The summed E-state index contributed by atoms with van der Waals surface area (Å²) in [6.45, 7) is 4.59. The molecule has 1 aromatic rings. The lowest BCUT2D eigenvalue weighted by atomic mass is 10.4. The smallest absolute Gasteiger partial charge is 0.0656 e. The molecule has 0 aliphatic heterocycles. The zero-order chi connectivity index (χ0) is 9.52. The molecule has 0 spiro atoms. The predicted molar refractivity (Wildman–Crippen MR) is 62.0 cm³/mol. The number of hydrogen-bond acceptors (Lipinski definition) is 0. The van der Waals surface area contributed by atoms with Gasteiger partial charge in [-0.3, -0.25) is 0 Å². The Bertz CT molecular complexity index is 212. The number of benzene rings is 1. The molecule has 0 nitrogen and oxygen atoms in total. The summed E-state index contributed by atoms with van der Waals surface area (Å²) < 4.78 is 0. The van der Waals surface area contributed by atoms with Crippen molar-refractivity contribution in [2.45, 2.75) is 38.8 Å². The Kier molecular flexibility index (Phi) is 4.84. The van der Waals surface area contributed by atoms with E-state index < -0.39 is 0 Å². The van der Waals surface area contributed by atoms with E-state index in [4.69, 9.17) is 0 Å². The Balaban J connectivity index is 2.64. The van der Waals surface area contributed by atoms with Crippen LogP contribution in [0.15, 0.2) is 30.3 Å². The van der Waals surface area contributed by atoms with Gasteiger partial charge in [-0.25, -0.2) is 0 Å². The summed E-state index contributed by atoms with van der Waals surface area (Å²) >= 11 is 0. The zero-order valence-electron chi connectivity index (χ0n) is 8.72. The summed E-state index contributed by atoms with van der Waals surface area (Å²) in [6.07, 6.45) is 2.67. The third kappa shape index (κ3) is 3.35. The molecule has 0 aromatic heterocycles. The Morgan fingerprint density at radius 3 is 1.92 bits per heavy atom. The van der Waals surface area contributed by atoms with Gasteiger partial charge in [-0.1, -0.05) is 74.3 Å². The van der Waals surface area contributed by atoms with Crippen LogP contribution >= 0.6 is 0 Å². The molecular weight excluding hydrogens is 172 g/mol. The molecule has 1 aromatic carbocycles. The van der Waals surface area contributed by atoms with Gasteiger partial charge >= 0.3 is 0 Å². The normalized spacial score (nSPS) is 10.7. The van der Waals surface area contributed by atoms with Crippen LogP contribution in [0.25, 0.3) is 0 Å². The Morgan fingerprint density at radius 1 is 0.923 bits per heavy atom. The van der Waals surface area contributed by atoms with E-state index in [1.807, 2.05) is 0 Å². The molecule has 1 heteroatoms. The van der Waals surface area contributed by atoms with Gasteiger partial charge in [0.15, 0.2) is 0 Å². The van der Waals surface area contributed by atoms with Crippen LogP contribution in [0.5, 0.6) is 0 Å². The van der Waals surface area contributed by atoms with Crippen LogP contribution in [0.1, 0.15) is 26.7 Å². The Morgan fingerprint density at radius 2 is 1.46 bits per heavy atom. The summed E-state index contributed by atoms with van der Waals surface area (Å²) in [6, 6.07) is 13.9. The molecule has 0 aliphatic rings. The van der Waals surface area contributed by atoms with E-state index in [2.05, 4.69) is 44.2 Å². The Hall–Kier alpha value is -0.563. The van der Waals surface area contributed by atoms with Crippen LogP contribution in [0.2, 0.25) is 12.1 Å². The molecule has 0 fully saturated rings. The standard InChI is InChI=1S/C12H19Si/c1-3-10-13(11-4-2)12-8-6-5-7-9-12/h5-9H,3-4,10-11H2,1-2H3. The fourth-order valence-corrected chi connectivity index (χ4v) is 4.39. The zero-order valence-corrected chi connectivity index (χ0v) is 9.72. The first-order chi connectivity index (χ1) is 6.38. The topological polar surface area (TPSA) is 0 Å². The van der Waals surface area contributed by atoms with Crippen molar-refractivity contribution in [1.82, 2.24) is 0 Å². The first kappa shape index (κ1) is 10.5. The molecule has 13 heavy (non-hydrogen) atoms. The second-order valence-electron chi connectivity index (χ2n) is 3.47. The van der Waals surface area contributed by atoms with E-state index in [-0.39, 0.29) is 8.80 Å². The van der Waals surface area contributed by atoms with Gasteiger partial charge in [0.1, 0.15) is 0 Å². The number of hydrogen-bond donors (Lipinski definition) is 0. The summed E-state index contributed by atoms with van der Waals surface area (Å²) in [5.74, 6) is 0. The second kappa shape index (κ2) is 5.98. The Labute approximate surface area is 83.6 Å². The third-order valence-electron chi connectivity index (χ3n) is 2.29. The minimum Gasteiger partial charge on any atom is -0.0656 e. The molecule has 0 N–H and O–H groups in total. The SMILES string of the molecule is CCC[Si](CCC)c1ccccc1. The molecule has 0 atom stereocenters. The van der Waals surface area contributed by atoms with Crippen molar-refractivity contribution in [2.24, 2.45) is 0 Å². The lowest BCUT2D eigenvalue weighted by Gasteiger charge is -2.12. The number of rotatable bonds is 5. The molecule has 0 unspecified atom stereocenters. The highest BCUT2D eigenvalue weighted by Crippen LogP contribution is 2.06. The molecule has 1 radical (unpaired) electrons. The fraction of sp³-hybridized carbons (Fsp3) is 0.500. The van der Waals surface area contributed by atoms with Crippen LogP contribution in [-0.4, -0.2) is 8.80 Å². The molecule has 0 aliphatic carbocycles. The van der Waals surface area contributed by atoms with Gasteiger partial charge in [0.2, 0.25) is 0 Å². The molecule has 0 heterocycles. The van der Waals surface area contributed by atoms with Crippen molar-refractivity contribution < 1.29 is 0 Å². The second-order valence-corrected chi connectivity index (χ2v) is 6.25. The van der Waals surface area contributed by atoms with E-state index in [0.717, 1.165) is 0 Å². The van der Waals surface area contributed by atoms with Gasteiger partial charge in [-0.05, 0) is 0 Å². The van der Waals surface area contributed by atoms with Crippen molar-refractivity contribution in [2.75, 3.05) is 0 Å². The van der Waals surface area contributed by atoms with Crippen molar-refractivity contribution in [3.8, 4) is 0 Å². The summed E-state index contributed by atoms with van der Waals surface area (Å²) in [7, 11) is -0.224. The molecule has 0 amide bonds. The van der Waals surface area contributed by atoms with E-state index >= 15 is 0 Å². The predicted octanol–water partition coefficient (Wildman–Crippen LogP) is 3.21. The molecule has 1 rings (SSSR count). The van der Waals surface area contributed by atoms with Crippen LogP contribution in [0.3, 0.4) is 0 Å². The van der Waals surface area contributed by atoms with Gasteiger partial charge in [0, 0.05) is 0 Å². The summed E-state index contributed by atoms with van der Waals surface area (Å²) in [5.41, 5.74) is 0. The minimum atomic E-state index is -0.224. The third-order valence-corrected chi connectivity index (χ3v) is 5.64. The highest BCUT2D eigenvalue weighted by molar-refractivity contribution is 6.73. The lowest BCUT2D eigenvalue weighted by Crippen LogP contribution is -2.28. The summed E-state index contributed by atoms with van der Waals surface area (Å²) in [5, 5.41) is 1.62. The molecular formula is C12H19Si. The largest absolute Gasteiger partial charge is 0.0856 e. The maximum Gasteiger partial charge on any atom is 0.0856 e. The molecule has 71 valence electrons. The molecule has 0 bridgehead atoms. The van der Waals surface area contributed by atoms with Crippen molar-refractivity contribution in [1.29, 1.82) is 0 Å². The van der Waals surface area contributed by atoms with Crippen LogP contribution < -0.4 is 5.19 Å². The van der Waals surface area contributed by atoms with Gasteiger partial charge < -0.3 is 0 Å². The van der Waals surface area contributed by atoms with E-state index in [9.17, 15) is 0 Å². The molecule has 0 saturated carbocycles. The van der Waals surface area contributed by atoms with E-state index in [0.29, 0.717) is 0 Å². The van der Waals surface area contributed by atoms with Crippen molar-refractivity contribution >= 4 is 14.0 Å². The minimum absolute atomic E-state index is 0.224. The van der Waals surface area contributed by atoms with Gasteiger partial charge in [0.25, 0.3) is 0 Å². The van der Waals surface area contributed by atoms with Crippen LogP contribution in [0, 0.1) is 0 Å². The van der Waals surface area contributed by atoms with Crippen molar-refractivity contribution in [3.05, 3.63) is 30.3 Å². The molecule has 0 saturated heterocycles. The fourth-order valence-electron chi connectivity index (χ4n) is 1.69. The lowest BCUT2D eigenvalue weighted by molar-refractivity contribution is 1.01. The highest BCUT2D eigenvalue weighted by Gasteiger charge is 2.10. The quantitative estimate of drug-likeness (QED) is 0.627. The average Bonchev–Trinajstić information content (AvgIpc) is 2.19. The first-order valence-electron chi connectivity index (χ1n) is 5.28. The monoisotopic (exact) mass is 191 g/mol. The maximum atomic E-state index is 2.31. The maximum absolute atomic E-state index is 2.31. The van der Waals surface area contributed by atoms with E-state index in [1.54, 1.807) is 5.19 Å². The highest BCUT2D eigenvalue weighted by atomic mass is 28.3. The van der Waals surface area contributed by atoms with Crippen LogP contribution in [0.4, 0.5) is 0 Å².